The molecule has 2 aliphatic heterocycles. The fraction of sp³-hybridized carbons (Fsp3) is 0.694. The maximum absolute atomic E-state index is 16.9. The quantitative estimate of drug-likeness (QED) is 0.262. The highest BCUT2D eigenvalue weighted by atomic mass is 19.3. The van der Waals surface area contributed by atoms with Gasteiger partial charge in [-0.25, -0.2) is 9.97 Å². The Morgan fingerprint density at radius 3 is 2.38 bits per heavy atom. The minimum Gasteiger partial charge on any atom is -0.497 e. The number of nitrogens with zero attached hydrogens (tertiary/aromatic N) is 3. The first-order chi connectivity index (χ1) is 22.1. The van der Waals surface area contributed by atoms with E-state index in [1.807, 2.05) is 27.7 Å². The van der Waals surface area contributed by atoms with Gasteiger partial charge >= 0.3 is 11.9 Å². The number of carbonyl (C=O) groups excluding carboxylic acids is 3. The van der Waals surface area contributed by atoms with Gasteiger partial charge < -0.3 is 23.9 Å². The Kier molecular flexibility index (Phi) is 8.52. The van der Waals surface area contributed by atoms with Crippen LogP contribution in [-0.2, 0) is 25.0 Å². The first-order valence-corrected chi connectivity index (χ1v) is 17.0. The Morgan fingerprint density at radius 2 is 1.74 bits per heavy atom. The minimum atomic E-state index is -3.35. The van der Waals surface area contributed by atoms with Crippen LogP contribution in [0.5, 0.6) is 11.6 Å². The third-order valence-corrected chi connectivity index (χ3v) is 11.6. The zero-order valence-electron chi connectivity index (χ0n) is 28.3. The second-order valence-electron chi connectivity index (χ2n) is 15.6. The molecule has 3 heterocycles. The van der Waals surface area contributed by atoms with Crippen LogP contribution in [0.3, 0.4) is 0 Å². The molecule has 0 unspecified atom stereocenters. The molecule has 6 atom stereocenters. The van der Waals surface area contributed by atoms with Gasteiger partial charge in [0.25, 0.3) is 0 Å². The Morgan fingerprint density at radius 1 is 1.04 bits per heavy atom. The van der Waals surface area contributed by atoms with Crippen LogP contribution in [0.25, 0.3) is 11.0 Å². The molecule has 3 fully saturated rings. The summed E-state index contributed by atoms with van der Waals surface area (Å²) in [4.78, 5) is 50.8. The van der Waals surface area contributed by atoms with E-state index in [1.165, 1.54) is 12.0 Å². The Hall–Kier alpha value is -3.37. The number of amides is 1. The molecule has 11 heteroatoms. The van der Waals surface area contributed by atoms with Crippen LogP contribution in [-0.4, -0.2) is 64.4 Å². The monoisotopic (exact) mass is 655 g/mol. The van der Waals surface area contributed by atoms with Crippen molar-refractivity contribution in [2.75, 3.05) is 13.7 Å². The van der Waals surface area contributed by atoms with Crippen LogP contribution in [0.2, 0.25) is 0 Å². The molecule has 1 spiro atoms. The SMILES string of the molecule is COc1ccc2nc3c(nc2c1)O[C@H]1CN(C(=O)[C@H](C(C)(C)C)CC(=O)O[C@]2(C)CCC[C@H]2CCCC2(CC2)C3(F)F)[C@H](C=O)[C@@H]1C. The summed E-state index contributed by atoms with van der Waals surface area (Å²) in [6.07, 6.45) is 4.38. The summed E-state index contributed by atoms with van der Waals surface area (Å²) in [5.74, 6) is -5.24. The van der Waals surface area contributed by atoms with E-state index >= 15 is 8.78 Å². The zero-order chi connectivity index (χ0) is 33.9. The number of hydrogen-bond donors (Lipinski definition) is 0. The van der Waals surface area contributed by atoms with Gasteiger partial charge in [-0.3, -0.25) is 9.59 Å². The second kappa shape index (κ2) is 11.9. The van der Waals surface area contributed by atoms with E-state index in [-0.39, 0.29) is 30.7 Å². The summed E-state index contributed by atoms with van der Waals surface area (Å²) in [7, 11) is 1.51. The average molecular weight is 656 g/mol. The van der Waals surface area contributed by atoms with Crippen molar-refractivity contribution in [1.29, 1.82) is 0 Å². The van der Waals surface area contributed by atoms with Crippen molar-refractivity contribution in [2.24, 2.45) is 28.6 Å². The van der Waals surface area contributed by atoms with E-state index in [2.05, 4.69) is 9.97 Å². The summed E-state index contributed by atoms with van der Waals surface area (Å²) < 4.78 is 51.6. The van der Waals surface area contributed by atoms with Crippen LogP contribution in [0.4, 0.5) is 8.78 Å². The lowest BCUT2D eigenvalue weighted by Gasteiger charge is -2.36. The van der Waals surface area contributed by atoms with Crippen LogP contribution < -0.4 is 9.47 Å². The number of halogens is 2. The Balaban J connectivity index is 1.45. The number of fused-ring (bicyclic) bond motifs is 5. The fourth-order valence-electron chi connectivity index (χ4n) is 8.17. The highest BCUT2D eigenvalue weighted by molar-refractivity contribution is 5.87. The van der Waals surface area contributed by atoms with Crippen LogP contribution in [0, 0.1) is 28.6 Å². The molecule has 2 aromatic rings. The van der Waals surface area contributed by atoms with Gasteiger partial charge in [-0.2, -0.15) is 8.78 Å². The van der Waals surface area contributed by atoms with E-state index in [1.54, 1.807) is 25.1 Å². The van der Waals surface area contributed by atoms with Crippen molar-refractivity contribution in [3.05, 3.63) is 23.9 Å². The number of hydrogen-bond acceptors (Lipinski definition) is 8. The number of benzene rings is 1. The lowest BCUT2D eigenvalue weighted by Crippen LogP contribution is -2.47. The summed E-state index contributed by atoms with van der Waals surface area (Å²) in [5, 5.41) is 0. The number of methoxy groups -OCH3 is 1. The predicted octanol–water partition coefficient (Wildman–Crippen LogP) is 6.64. The molecule has 0 radical (unpaired) electrons. The molecule has 9 nitrogen and oxygen atoms in total. The molecular formula is C36H47F2N3O6. The lowest BCUT2D eigenvalue weighted by molar-refractivity contribution is -0.167. The number of aldehydes is 1. The third-order valence-electron chi connectivity index (χ3n) is 11.6. The number of ether oxygens (including phenoxy) is 3. The minimum absolute atomic E-state index is 0.0290. The molecule has 2 aliphatic carbocycles. The van der Waals surface area contributed by atoms with Gasteiger partial charge in [0.05, 0.1) is 43.1 Å². The zero-order valence-corrected chi connectivity index (χ0v) is 28.3. The number of rotatable bonds is 2. The highest BCUT2D eigenvalue weighted by Gasteiger charge is 2.64. The summed E-state index contributed by atoms with van der Waals surface area (Å²) in [6, 6.07) is 4.01. The van der Waals surface area contributed by atoms with Crippen LogP contribution in [0.15, 0.2) is 18.2 Å². The van der Waals surface area contributed by atoms with Crippen molar-refractivity contribution in [3.63, 3.8) is 0 Å². The van der Waals surface area contributed by atoms with Gasteiger partial charge in [-0.05, 0) is 75.3 Å². The predicted molar refractivity (Wildman–Crippen MR) is 170 cm³/mol. The first-order valence-electron chi connectivity index (χ1n) is 17.0. The van der Waals surface area contributed by atoms with E-state index in [0.717, 1.165) is 12.8 Å². The lowest BCUT2D eigenvalue weighted by atomic mass is 9.77. The van der Waals surface area contributed by atoms with Crippen molar-refractivity contribution in [3.8, 4) is 11.6 Å². The molecule has 0 N–H and O–H groups in total. The molecule has 1 aromatic carbocycles. The fourth-order valence-corrected chi connectivity index (χ4v) is 8.17. The number of aromatic nitrogens is 2. The van der Waals surface area contributed by atoms with Crippen LogP contribution >= 0.6 is 0 Å². The molecule has 47 heavy (non-hydrogen) atoms. The van der Waals surface area contributed by atoms with Crippen molar-refractivity contribution in [1.82, 2.24) is 14.9 Å². The Labute approximate surface area is 275 Å². The third kappa shape index (κ3) is 5.96. The molecule has 256 valence electrons. The second-order valence-corrected chi connectivity index (χ2v) is 15.6. The van der Waals surface area contributed by atoms with Crippen LogP contribution in [0.1, 0.15) is 98.1 Å². The van der Waals surface area contributed by atoms with Gasteiger partial charge in [-0.1, -0.05) is 34.1 Å². The van der Waals surface area contributed by atoms with Gasteiger partial charge in [0.15, 0.2) is 5.69 Å². The van der Waals surface area contributed by atoms with Crippen molar-refractivity contribution >= 4 is 29.2 Å². The van der Waals surface area contributed by atoms with Crippen molar-refractivity contribution < 1.29 is 37.4 Å². The first kappa shape index (κ1) is 33.5. The standard InChI is InChI=1S/C36H47F2N3O6/c1-21-27(20-42)41-19-28(21)46-31-30(39-25-12-11-23(45-6)17-26(25)40-31)36(37,38)35(15-16-35)14-8-10-22-9-7-13-34(22,5)47-29(43)18-24(32(41)44)33(2,3)4/h11-12,17,20-22,24,27-28H,7-10,13-16,18-19H2,1-6H3/t21-,22-,24+,27+,28-,34+/m0/s1. The van der Waals surface area contributed by atoms with Gasteiger partial charge in [-0.15, -0.1) is 0 Å². The van der Waals surface area contributed by atoms with E-state index in [0.29, 0.717) is 61.6 Å². The molecule has 2 bridgehead atoms. The molecule has 1 saturated heterocycles. The topological polar surface area (TPSA) is 108 Å². The summed E-state index contributed by atoms with van der Waals surface area (Å²) >= 11 is 0. The largest absolute Gasteiger partial charge is 0.497 e. The maximum atomic E-state index is 16.9. The summed E-state index contributed by atoms with van der Waals surface area (Å²) in [5.41, 5.74) is -2.52. The molecule has 6 rings (SSSR count). The molecule has 2 saturated carbocycles. The normalized spacial score (nSPS) is 32.5. The number of esters is 1. The maximum Gasteiger partial charge on any atom is 0.307 e. The van der Waals surface area contributed by atoms with E-state index in [4.69, 9.17) is 14.2 Å². The Bertz CT molecular complexity index is 1560. The summed E-state index contributed by atoms with van der Waals surface area (Å²) in [6.45, 7) is 9.34. The van der Waals surface area contributed by atoms with Crippen molar-refractivity contribution in [2.45, 2.75) is 116 Å². The number of alkyl halides is 2. The molecule has 1 amide bonds. The van der Waals surface area contributed by atoms with Gasteiger partial charge in [0.1, 0.15) is 23.7 Å². The van der Waals surface area contributed by atoms with Gasteiger partial charge in [0.2, 0.25) is 11.8 Å². The molecule has 4 aliphatic rings. The van der Waals surface area contributed by atoms with E-state index < -0.39 is 58.0 Å². The average Bonchev–Trinajstić information content (AvgIpc) is 3.64. The smallest absolute Gasteiger partial charge is 0.307 e. The van der Waals surface area contributed by atoms with Gasteiger partial charge in [0, 0.05) is 17.4 Å². The number of carbonyl (C=O) groups is 3. The molecular weight excluding hydrogens is 608 g/mol. The molecule has 1 aromatic heterocycles. The van der Waals surface area contributed by atoms with E-state index in [9.17, 15) is 14.4 Å². The highest BCUT2D eigenvalue weighted by Crippen LogP contribution is 2.65.